The van der Waals surface area contributed by atoms with Crippen molar-refractivity contribution < 1.29 is 0 Å². The molecule has 0 saturated heterocycles. The molecule has 4 heteroatoms. The number of hydrogen-bond donors (Lipinski definition) is 0. The van der Waals surface area contributed by atoms with Crippen LogP contribution in [0.1, 0.15) is 25.0 Å². The summed E-state index contributed by atoms with van der Waals surface area (Å²) in [6, 6.07) is 79.4. The Bertz CT molecular complexity index is 4170. The van der Waals surface area contributed by atoms with Crippen molar-refractivity contribution in [3.8, 4) is 56.3 Å². The van der Waals surface area contributed by atoms with E-state index >= 15 is 0 Å². The third kappa shape index (κ3) is 5.47. The zero-order valence-corrected chi connectivity index (χ0v) is 37.1. The van der Waals surface area contributed by atoms with Crippen molar-refractivity contribution in [3.63, 3.8) is 0 Å². The van der Waals surface area contributed by atoms with Crippen LogP contribution < -0.4 is 0 Å². The monoisotopic (exact) mass is 854 g/mol. The first-order valence-corrected chi connectivity index (χ1v) is 23.2. The zero-order valence-electron chi connectivity index (χ0n) is 37.1. The SMILES string of the molecule is CC1(C)c2ccccc2-c2cc(-c3nc(-c4ccc(-n5c6ccccc6c6c(-c7cccc8c7c7ccccc7n8-c7ccccc7)cccc65)cc4)c4ccc5ccccc5c4n3)ccc21. The number of hydrogen-bond acceptors (Lipinski definition) is 2. The van der Waals surface area contributed by atoms with Gasteiger partial charge in [-0.15, -0.1) is 0 Å². The molecule has 13 aromatic rings. The van der Waals surface area contributed by atoms with E-state index < -0.39 is 0 Å². The Morgan fingerprint density at radius 1 is 0.358 bits per heavy atom. The highest BCUT2D eigenvalue weighted by atomic mass is 15.0. The van der Waals surface area contributed by atoms with E-state index in [1.165, 1.54) is 71.5 Å². The largest absolute Gasteiger partial charge is 0.309 e. The molecule has 3 heterocycles. The van der Waals surface area contributed by atoms with Gasteiger partial charge in [0.05, 0.1) is 33.3 Å². The first-order chi connectivity index (χ1) is 33.0. The van der Waals surface area contributed by atoms with Gasteiger partial charge in [-0.1, -0.05) is 172 Å². The van der Waals surface area contributed by atoms with E-state index in [0.29, 0.717) is 0 Å². The third-order valence-corrected chi connectivity index (χ3v) is 14.5. The summed E-state index contributed by atoms with van der Waals surface area (Å²) in [5, 5.41) is 8.28. The van der Waals surface area contributed by atoms with Crippen LogP contribution in [0.3, 0.4) is 0 Å². The number of benzene rings is 10. The van der Waals surface area contributed by atoms with Crippen LogP contribution in [0.2, 0.25) is 0 Å². The standard InChI is InChI=1S/C63H42N4/c1-63(2)52-25-11-8-20-45(52)51-38-41(33-37-53(51)63)62-64-60(50-36-32-39-16-6-7-19-44(39)61(50)65-62)40-30-34-43(35-31-40)67-55-27-13-10-22-49(55)59-47(24-15-29-57(59)67)46-23-14-28-56-58(46)48-21-9-12-26-54(48)66(56)42-17-4-3-5-18-42/h3-38H,1-2H3. The topological polar surface area (TPSA) is 35.6 Å². The molecule has 1 aliphatic rings. The summed E-state index contributed by atoms with van der Waals surface area (Å²) in [5.41, 5.74) is 18.5. The minimum atomic E-state index is -0.0754. The molecule has 314 valence electrons. The van der Waals surface area contributed by atoms with Crippen LogP contribution in [-0.4, -0.2) is 19.1 Å². The molecule has 0 N–H and O–H groups in total. The lowest BCUT2D eigenvalue weighted by Crippen LogP contribution is -2.14. The molecule has 0 saturated carbocycles. The van der Waals surface area contributed by atoms with E-state index in [-0.39, 0.29) is 5.41 Å². The van der Waals surface area contributed by atoms with Gasteiger partial charge in [-0.2, -0.15) is 0 Å². The Morgan fingerprint density at radius 3 is 1.60 bits per heavy atom. The van der Waals surface area contributed by atoms with Crippen molar-refractivity contribution in [1.82, 2.24) is 19.1 Å². The Kier molecular flexibility index (Phi) is 8.00. The molecule has 1 aliphatic carbocycles. The third-order valence-electron chi connectivity index (χ3n) is 14.5. The van der Waals surface area contributed by atoms with Crippen LogP contribution in [0, 0.1) is 0 Å². The maximum Gasteiger partial charge on any atom is 0.160 e. The highest BCUT2D eigenvalue weighted by molar-refractivity contribution is 6.22. The minimum Gasteiger partial charge on any atom is -0.309 e. The first-order valence-electron chi connectivity index (χ1n) is 23.2. The fourth-order valence-electron chi connectivity index (χ4n) is 11.5. The second-order valence-electron chi connectivity index (χ2n) is 18.5. The van der Waals surface area contributed by atoms with Gasteiger partial charge >= 0.3 is 0 Å². The van der Waals surface area contributed by atoms with E-state index in [4.69, 9.17) is 9.97 Å². The van der Waals surface area contributed by atoms with Gasteiger partial charge in [0.1, 0.15) is 0 Å². The van der Waals surface area contributed by atoms with Crippen molar-refractivity contribution in [2.45, 2.75) is 19.3 Å². The predicted molar refractivity (Wildman–Crippen MR) is 280 cm³/mol. The minimum absolute atomic E-state index is 0.0754. The predicted octanol–water partition coefficient (Wildman–Crippen LogP) is 16.3. The smallest absolute Gasteiger partial charge is 0.160 e. The number of aromatic nitrogens is 4. The molecule has 4 nitrogen and oxygen atoms in total. The van der Waals surface area contributed by atoms with Crippen molar-refractivity contribution in [2.75, 3.05) is 0 Å². The van der Waals surface area contributed by atoms with Gasteiger partial charge in [-0.05, 0) is 99.4 Å². The van der Waals surface area contributed by atoms with Gasteiger partial charge in [0.25, 0.3) is 0 Å². The van der Waals surface area contributed by atoms with Crippen LogP contribution >= 0.6 is 0 Å². The van der Waals surface area contributed by atoms with Gasteiger partial charge in [0, 0.05) is 60.2 Å². The molecule has 0 unspecified atom stereocenters. The molecule has 14 rings (SSSR count). The normalized spacial score (nSPS) is 13.0. The van der Waals surface area contributed by atoms with Crippen LogP contribution in [-0.2, 0) is 5.41 Å². The van der Waals surface area contributed by atoms with Crippen LogP contribution in [0.4, 0.5) is 0 Å². The quantitative estimate of drug-likeness (QED) is 0.162. The van der Waals surface area contributed by atoms with Crippen molar-refractivity contribution in [1.29, 1.82) is 0 Å². The molecule has 0 bridgehead atoms. The summed E-state index contributed by atoms with van der Waals surface area (Å²) in [6.07, 6.45) is 0. The maximum absolute atomic E-state index is 5.45. The Morgan fingerprint density at radius 2 is 0.896 bits per heavy atom. The van der Waals surface area contributed by atoms with E-state index in [1.807, 2.05) is 0 Å². The number of para-hydroxylation sites is 3. The van der Waals surface area contributed by atoms with Gasteiger partial charge < -0.3 is 9.13 Å². The first kappa shape index (κ1) is 37.7. The molecular weight excluding hydrogens is 813 g/mol. The number of fused-ring (bicyclic) bond motifs is 12. The Hall–Kier alpha value is -8.60. The number of nitrogens with zero attached hydrogens (tertiary/aromatic N) is 4. The summed E-state index contributed by atoms with van der Waals surface area (Å²) < 4.78 is 4.82. The average molecular weight is 855 g/mol. The van der Waals surface area contributed by atoms with Gasteiger partial charge in [-0.3, -0.25) is 0 Å². The Balaban J connectivity index is 0.940. The molecule has 3 aromatic heterocycles. The molecule has 0 atom stereocenters. The summed E-state index contributed by atoms with van der Waals surface area (Å²) >= 11 is 0. The summed E-state index contributed by atoms with van der Waals surface area (Å²) in [5.74, 6) is 0.727. The molecule has 10 aromatic carbocycles. The average Bonchev–Trinajstić information content (AvgIpc) is 3.99. The molecule has 0 radical (unpaired) electrons. The second kappa shape index (κ2) is 14.2. The summed E-state index contributed by atoms with van der Waals surface area (Å²) in [7, 11) is 0. The summed E-state index contributed by atoms with van der Waals surface area (Å²) in [6.45, 7) is 4.65. The summed E-state index contributed by atoms with van der Waals surface area (Å²) in [4.78, 5) is 10.8. The van der Waals surface area contributed by atoms with Crippen molar-refractivity contribution >= 4 is 65.3 Å². The second-order valence-corrected chi connectivity index (χ2v) is 18.5. The van der Waals surface area contributed by atoms with Crippen molar-refractivity contribution in [3.05, 3.63) is 230 Å². The fourth-order valence-corrected chi connectivity index (χ4v) is 11.5. The van der Waals surface area contributed by atoms with E-state index in [1.54, 1.807) is 0 Å². The Labute approximate surface area is 387 Å². The number of rotatable bonds is 5. The molecular formula is C63H42N4. The van der Waals surface area contributed by atoms with Gasteiger partial charge in [-0.25, -0.2) is 9.97 Å². The lowest BCUT2D eigenvalue weighted by Gasteiger charge is -2.21. The van der Waals surface area contributed by atoms with Gasteiger partial charge in [0.2, 0.25) is 0 Å². The van der Waals surface area contributed by atoms with Crippen LogP contribution in [0.25, 0.3) is 122 Å². The van der Waals surface area contributed by atoms with E-state index in [9.17, 15) is 0 Å². The molecule has 0 fully saturated rings. The van der Waals surface area contributed by atoms with Crippen LogP contribution in [0.15, 0.2) is 218 Å². The fraction of sp³-hybridized carbons (Fsp3) is 0.0476. The van der Waals surface area contributed by atoms with E-state index in [0.717, 1.165) is 61.2 Å². The molecule has 0 aliphatic heterocycles. The zero-order chi connectivity index (χ0) is 44.4. The van der Waals surface area contributed by atoms with E-state index in [2.05, 4.69) is 241 Å². The molecule has 0 spiro atoms. The lowest BCUT2D eigenvalue weighted by molar-refractivity contribution is 0.660. The lowest BCUT2D eigenvalue weighted by atomic mass is 9.82. The van der Waals surface area contributed by atoms with Crippen molar-refractivity contribution in [2.24, 2.45) is 0 Å². The molecule has 67 heavy (non-hydrogen) atoms. The molecule has 0 amide bonds. The van der Waals surface area contributed by atoms with Crippen LogP contribution in [0.5, 0.6) is 0 Å². The van der Waals surface area contributed by atoms with Gasteiger partial charge in [0.15, 0.2) is 5.82 Å². The highest BCUT2D eigenvalue weighted by Gasteiger charge is 2.35. The highest BCUT2D eigenvalue weighted by Crippen LogP contribution is 2.50. The maximum atomic E-state index is 5.45.